The summed E-state index contributed by atoms with van der Waals surface area (Å²) >= 11 is 6.52. The van der Waals surface area contributed by atoms with Crippen LogP contribution in [0.25, 0.3) is 0 Å². The Balaban J connectivity index is 3.15. The first kappa shape index (κ1) is 17.6. The molecule has 20 heavy (non-hydrogen) atoms. The number of halogens is 2. The van der Waals surface area contributed by atoms with Gasteiger partial charge in [0, 0.05) is 29.6 Å². The maximum atomic E-state index is 12.6. The van der Waals surface area contributed by atoms with Crippen LogP contribution in [0.2, 0.25) is 0 Å². The molecule has 112 valence electrons. The van der Waals surface area contributed by atoms with Gasteiger partial charge in [-0.15, -0.1) is 0 Å². The zero-order valence-corrected chi connectivity index (χ0v) is 15.4. The molecule has 0 heterocycles. The van der Waals surface area contributed by atoms with E-state index in [1.54, 1.807) is 33.2 Å². The van der Waals surface area contributed by atoms with E-state index in [1.165, 1.54) is 11.0 Å². The minimum absolute atomic E-state index is 0.147. The van der Waals surface area contributed by atoms with Crippen LogP contribution in [0.5, 0.6) is 0 Å². The number of benzene rings is 1. The summed E-state index contributed by atoms with van der Waals surface area (Å²) in [5.74, 6) is -0.261. The van der Waals surface area contributed by atoms with Crippen molar-refractivity contribution >= 4 is 47.8 Å². The lowest BCUT2D eigenvalue weighted by atomic mass is 10.4. The molecular weight excluding hydrogens is 412 g/mol. The molecule has 1 aromatic carbocycles. The Labute approximate surface area is 136 Å². The SMILES string of the molecule is CCN(CC(=O)N(C)C)S(=O)(=O)c1ccc(Br)cc1Br. The summed E-state index contributed by atoms with van der Waals surface area (Å²) in [5, 5.41) is 0. The molecule has 0 saturated heterocycles. The summed E-state index contributed by atoms with van der Waals surface area (Å²) in [7, 11) is -0.518. The van der Waals surface area contributed by atoms with Gasteiger partial charge in [-0.25, -0.2) is 8.42 Å². The summed E-state index contributed by atoms with van der Waals surface area (Å²) < 4.78 is 27.5. The van der Waals surface area contributed by atoms with Gasteiger partial charge in [0.05, 0.1) is 11.4 Å². The highest BCUT2D eigenvalue weighted by Crippen LogP contribution is 2.28. The molecule has 1 rings (SSSR count). The molecule has 1 amide bonds. The Kier molecular flexibility index (Phi) is 6.18. The Morgan fingerprint density at radius 3 is 2.30 bits per heavy atom. The van der Waals surface area contributed by atoms with Crippen molar-refractivity contribution in [1.82, 2.24) is 9.21 Å². The number of sulfonamides is 1. The number of rotatable bonds is 5. The monoisotopic (exact) mass is 426 g/mol. The molecule has 5 nitrogen and oxygen atoms in total. The van der Waals surface area contributed by atoms with Crippen LogP contribution in [-0.2, 0) is 14.8 Å². The molecule has 0 aliphatic heterocycles. The van der Waals surface area contributed by atoms with Crippen LogP contribution >= 0.6 is 31.9 Å². The van der Waals surface area contributed by atoms with Gasteiger partial charge in [0.15, 0.2) is 0 Å². The predicted molar refractivity (Wildman–Crippen MR) is 85.0 cm³/mol. The Morgan fingerprint density at radius 1 is 1.25 bits per heavy atom. The van der Waals surface area contributed by atoms with Crippen LogP contribution in [0, 0.1) is 0 Å². The third kappa shape index (κ3) is 4.03. The highest BCUT2D eigenvalue weighted by atomic mass is 79.9. The van der Waals surface area contributed by atoms with E-state index >= 15 is 0 Å². The maximum Gasteiger partial charge on any atom is 0.244 e. The number of hydrogen-bond acceptors (Lipinski definition) is 3. The third-order valence-electron chi connectivity index (χ3n) is 2.67. The lowest BCUT2D eigenvalue weighted by molar-refractivity contribution is -0.128. The maximum absolute atomic E-state index is 12.6. The molecule has 0 spiro atoms. The van der Waals surface area contributed by atoms with Gasteiger partial charge in [-0.3, -0.25) is 4.79 Å². The van der Waals surface area contributed by atoms with Crippen molar-refractivity contribution in [2.24, 2.45) is 0 Å². The van der Waals surface area contributed by atoms with Crippen LogP contribution < -0.4 is 0 Å². The summed E-state index contributed by atoms with van der Waals surface area (Å²) in [5.41, 5.74) is 0. The second-order valence-electron chi connectivity index (χ2n) is 4.29. The van der Waals surface area contributed by atoms with Gasteiger partial charge in [-0.05, 0) is 34.1 Å². The predicted octanol–water partition coefficient (Wildman–Crippen LogP) is 2.31. The van der Waals surface area contributed by atoms with Crippen LogP contribution in [-0.4, -0.2) is 50.7 Å². The Morgan fingerprint density at radius 2 is 1.85 bits per heavy atom. The molecule has 0 N–H and O–H groups in total. The molecule has 0 atom stereocenters. The summed E-state index contributed by atoms with van der Waals surface area (Å²) in [6, 6.07) is 4.82. The standard InChI is InChI=1S/C12H16Br2N2O3S/c1-4-16(8-12(17)15(2)3)20(18,19)11-6-5-9(13)7-10(11)14/h5-7H,4,8H2,1-3H3. The van der Waals surface area contributed by atoms with Crippen LogP contribution in [0.4, 0.5) is 0 Å². The molecule has 0 fully saturated rings. The number of hydrogen-bond donors (Lipinski definition) is 0. The van der Waals surface area contributed by atoms with Gasteiger partial charge in [0.2, 0.25) is 15.9 Å². The van der Waals surface area contributed by atoms with E-state index in [4.69, 9.17) is 0 Å². The van der Waals surface area contributed by atoms with Gasteiger partial charge in [0.1, 0.15) is 0 Å². The molecule has 0 saturated carbocycles. The number of carbonyl (C=O) groups is 1. The van der Waals surface area contributed by atoms with Crippen molar-refractivity contribution in [3.63, 3.8) is 0 Å². The molecule has 0 unspecified atom stereocenters. The molecule has 8 heteroatoms. The summed E-state index contributed by atoms with van der Waals surface area (Å²) in [6.07, 6.45) is 0. The fourth-order valence-corrected chi connectivity index (χ4v) is 4.59. The van der Waals surface area contributed by atoms with Crippen LogP contribution in [0.3, 0.4) is 0 Å². The fraction of sp³-hybridized carbons (Fsp3) is 0.417. The van der Waals surface area contributed by atoms with Gasteiger partial charge in [-0.2, -0.15) is 4.31 Å². The van der Waals surface area contributed by atoms with E-state index in [2.05, 4.69) is 31.9 Å². The average molecular weight is 428 g/mol. The second-order valence-corrected chi connectivity index (χ2v) is 7.97. The van der Waals surface area contributed by atoms with Crippen molar-refractivity contribution in [2.75, 3.05) is 27.2 Å². The zero-order valence-electron chi connectivity index (χ0n) is 11.4. The average Bonchev–Trinajstić information content (AvgIpc) is 2.34. The second kappa shape index (κ2) is 7.02. The molecule has 1 aromatic rings. The van der Waals surface area contributed by atoms with E-state index in [0.29, 0.717) is 4.47 Å². The first-order valence-electron chi connectivity index (χ1n) is 5.85. The van der Waals surface area contributed by atoms with E-state index in [1.807, 2.05) is 0 Å². The number of nitrogens with zero attached hydrogens (tertiary/aromatic N) is 2. The largest absolute Gasteiger partial charge is 0.348 e. The van der Waals surface area contributed by atoms with Gasteiger partial charge in [-0.1, -0.05) is 22.9 Å². The minimum atomic E-state index is -3.71. The quantitative estimate of drug-likeness (QED) is 0.724. The van der Waals surface area contributed by atoms with Crippen molar-refractivity contribution in [1.29, 1.82) is 0 Å². The van der Waals surface area contributed by atoms with E-state index in [0.717, 1.165) is 8.78 Å². The first-order chi connectivity index (χ1) is 9.20. The Hall–Kier alpha value is -0.440. The Bertz CT molecular complexity index is 603. The normalized spacial score (nSPS) is 11.7. The molecule has 0 bridgehead atoms. The molecule has 0 aliphatic carbocycles. The van der Waals surface area contributed by atoms with Gasteiger partial charge < -0.3 is 4.90 Å². The molecule has 0 aromatic heterocycles. The fourth-order valence-electron chi connectivity index (χ4n) is 1.48. The van der Waals surface area contributed by atoms with E-state index in [-0.39, 0.29) is 23.9 Å². The molecular formula is C12H16Br2N2O3S. The first-order valence-corrected chi connectivity index (χ1v) is 8.88. The van der Waals surface area contributed by atoms with Crippen molar-refractivity contribution in [2.45, 2.75) is 11.8 Å². The lowest BCUT2D eigenvalue weighted by Gasteiger charge is -2.22. The van der Waals surface area contributed by atoms with Crippen molar-refractivity contribution in [3.05, 3.63) is 27.1 Å². The number of carbonyl (C=O) groups excluding carboxylic acids is 1. The topological polar surface area (TPSA) is 57.7 Å². The smallest absolute Gasteiger partial charge is 0.244 e. The van der Waals surface area contributed by atoms with Gasteiger partial charge in [0.25, 0.3) is 0 Å². The number of likely N-dealkylation sites (N-methyl/N-ethyl adjacent to an activating group) is 2. The highest BCUT2D eigenvalue weighted by molar-refractivity contribution is 9.11. The van der Waals surface area contributed by atoms with Crippen molar-refractivity contribution < 1.29 is 13.2 Å². The summed E-state index contributed by atoms with van der Waals surface area (Å²) in [6.45, 7) is 1.76. The third-order valence-corrected chi connectivity index (χ3v) is 6.07. The van der Waals surface area contributed by atoms with Crippen LogP contribution in [0.1, 0.15) is 6.92 Å². The van der Waals surface area contributed by atoms with E-state index in [9.17, 15) is 13.2 Å². The molecule has 0 aliphatic rings. The lowest BCUT2D eigenvalue weighted by Crippen LogP contribution is -2.40. The zero-order chi connectivity index (χ0) is 15.5. The van der Waals surface area contributed by atoms with Crippen molar-refractivity contribution in [3.8, 4) is 0 Å². The van der Waals surface area contributed by atoms with Gasteiger partial charge >= 0.3 is 0 Å². The highest BCUT2D eigenvalue weighted by Gasteiger charge is 2.27. The summed E-state index contributed by atoms with van der Waals surface area (Å²) in [4.78, 5) is 13.2. The van der Waals surface area contributed by atoms with Crippen LogP contribution in [0.15, 0.2) is 32.0 Å². The number of amides is 1. The minimum Gasteiger partial charge on any atom is -0.348 e. The van der Waals surface area contributed by atoms with E-state index < -0.39 is 10.0 Å². The molecule has 0 radical (unpaired) electrons.